The Balaban J connectivity index is 1.80. The Hall–Kier alpha value is -2.37. The van der Waals surface area contributed by atoms with Crippen molar-refractivity contribution in [1.29, 1.82) is 0 Å². The SMILES string of the molecule is CC(=O)NCC(=O)N[C@H]1c2ccccc2[C@@H]2CN(C(C)=O)C[C@@H]21. The van der Waals surface area contributed by atoms with E-state index < -0.39 is 0 Å². The molecule has 0 spiro atoms. The molecule has 3 amide bonds. The van der Waals surface area contributed by atoms with E-state index in [-0.39, 0.29) is 42.1 Å². The fourth-order valence-electron chi connectivity index (χ4n) is 3.73. The molecular weight excluding hydrogens is 294 g/mol. The van der Waals surface area contributed by atoms with Crippen molar-refractivity contribution in [1.82, 2.24) is 15.5 Å². The minimum Gasteiger partial charge on any atom is -0.347 e. The van der Waals surface area contributed by atoms with Crippen molar-refractivity contribution in [2.45, 2.75) is 25.8 Å². The number of carbonyl (C=O) groups excluding carboxylic acids is 3. The van der Waals surface area contributed by atoms with Crippen LogP contribution in [0.25, 0.3) is 0 Å². The van der Waals surface area contributed by atoms with Gasteiger partial charge in [-0.1, -0.05) is 24.3 Å². The van der Waals surface area contributed by atoms with Crippen LogP contribution in [0.5, 0.6) is 0 Å². The van der Waals surface area contributed by atoms with E-state index in [0.29, 0.717) is 13.1 Å². The Morgan fingerprint density at radius 2 is 1.83 bits per heavy atom. The first-order chi connectivity index (χ1) is 11.0. The molecule has 2 aliphatic rings. The smallest absolute Gasteiger partial charge is 0.239 e. The average molecular weight is 315 g/mol. The summed E-state index contributed by atoms with van der Waals surface area (Å²) >= 11 is 0. The molecule has 0 bridgehead atoms. The summed E-state index contributed by atoms with van der Waals surface area (Å²) in [5.74, 6) is 0.0920. The summed E-state index contributed by atoms with van der Waals surface area (Å²) in [6, 6.07) is 7.97. The zero-order chi connectivity index (χ0) is 16.6. The Labute approximate surface area is 135 Å². The highest BCUT2D eigenvalue weighted by Gasteiger charge is 2.47. The topological polar surface area (TPSA) is 78.5 Å². The van der Waals surface area contributed by atoms with Crippen LogP contribution in [-0.4, -0.2) is 42.3 Å². The van der Waals surface area contributed by atoms with Gasteiger partial charge in [0.15, 0.2) is 0 Å². The van der Waals surface area contributed by atoms with Gasteiger partial charge in [-0.3, -0.25) is 14.4 Å². The average Bonchev–Trinajstić information content (AvgIpc) is 3.05. The normalized spacial score (nSPS) is 24.8. The maximum Gasteiger partial charge on any atom is 0.239 e. The fourth-order valence-corrected chi connectivity index (χ4v) is 3.73. The zero-order valence-corrected chi connectivity index (χ0v) is 13.3. The van der Waals surface area contributed by atoms with Crippen LogP contribution in [-0.2, 0) is 14.4 Å². The molecule has 1 aromatic carbocycles. The lowest BCUT2D eigenvalue weighted by molar-refractivity contribution is -0.128. The van der Waals surface area contributed by atoms with Gasteiger partial charge in [-0.15, -0.1) is 0 Å². The Morgan fingerprint density at radius 3 is 2.48 bits per heavy atom. The van der Waals surface area contributed by atoms with Gasteiger partial charge < -0.3 is 15.5 Å². The van der Waals surface area contributed by atoms with Crippen molar-refractivity contribution in [3.05, 3.63) is 35.4 Å². The molecule has 1 aliphatic heterocycles. The molecular formula is C17H21N3O3. The highest BCUT2D eigenvalue weighted by molar-refractivity contribution is 5.84. The lowest BCUT2D eigenvalue weighted by Crippen LogP contribution is -2.40. The van der Waals surface area contributed by atoms with Crippen LogP contribution >= 0.6 is 0 Å². The van der Waals surface area contributed by atoms with Crippen molar-refractivity contribution in [2.75, 3.05) is 19.6 Å². The van der Waals surface area contributed by atoms with Crippen LogP contribution in [0.1, 0.15) is 36.9 Å². The monoisotopic (exact) mass is 315 g/mol. The van der Waals surface area contributed by atoms with Crippen LogP contribution in [0.3, 0.4) is 0 Å². The summed E-state index contributed by atoms with van der Waals surface area (Å²) in [4.78, 5) is 36.6. The molecule has 1 aliphatic carbocycles. The van der Waals surface area contributed by atoms with Gasteiger partial charge in [-0.05, 0) is 11.1 Å². The molecule has 23 heavy (non-hydrogen) atoms. The molecule has 0 radical (unpaired) electrons. The molecule has 2 N–H and O–H groups in total. The number of hydrogen-bond acceptors (Lipinski definition) is 3. The number of rotatable bonds is 3. The van der Waals surface area contributed by atoms with Gasteiger partial charge in [0, 0.05) is 38.8 Å². The van der Waals surface area contributed by atoms with Crippen LogP contribution in [0.15, 0.2) is 24.3 Å². The predicted molar refractivity (Wildman–Crippen MR) is 84.5 cm³/mol. The molecule has 1 fully saturated rings. The molecule has 0 unspecified atom stereocenters. The summed E-state index contributed by atoms with van der Waals surface area (Å²) in [5, 5.41) is 5.54. The van der Waals surface area contributed by atoms with Crippen LogP contribution in [0.2, 0.25) is 0 Å². The van der Waals surface area contributed by atoms with Crippen molar-refractivity contribution in [3.8, 4) is 0 Å². The Morgan fingerprint density at radius 1 is 1.13 bits per heavy atom. The highest BCUT2D eigenvalue weighted by atomic mass is 16.2. The van der Waals surface area contributed by atoms with E-state index in [9.17, 15) is 14.4 Å². The summed E-state index contributed by atoms with van der Waals surface area (Å²) in [5.41, 5.74) is 2.34. The molecule has 122 valence electrons. The number of benzene rings is 1. The van der Waals surface area contributed by atoms with Crippen LogP contribution in [0, 0.1) is 5.92 Å². The minimum atomic E-state index is -0.228. The lowest BCUT2D eigenvalue weighted by atomic mass is 9.94. The number of likely N-dealkylation sites (tertiary alicyclic amines) is 1. The third-order valence-corrected chi connectivity index (χ3v) is 4.78. The van der Waals surface area contributed by atoms with E-state index in [1.807, 2.05) is 23.1 Å². The molecule has 3 rings (SSSR count). The summed E-state index contributed by atoms with van der Waals surface area (Å²) in [7, 11) is 0. The van der Waals surface area contributed by atoms with Crippen molar-refractivity contribution in [3.63, 3.8) is 0 Å². The quantitative estimate of drug-likeness (QED) is 0.855. The number of nitrogens with zero attached hydrogens (tertiary/aromatic N) is 1. The summed E-state index contributed by atoms with van der Waals surface area (Å²) < 4.78 is 0. The van der Waals surface area contributed by atoms with Crippen LogP contribution in [0.4, 0.5) is 0 Å². The summed E-state index contributed by atoms with van der Waals surface area (Å²) in [6.07, 6.45) is 0. The van der Waals surface area contributed by atoms with E-state index in [2.05, 4.69) is 16.7 Å². The fraction of sp³-hybridized carbons (Fsp3) is 0.471. The third-order valence-electron chi connectivity index (χ3n) is 4.78. The first kappa shape index (κ1) is 15.5. The van der Waals surface area contributed by atoms with Gasteiger partial charge in [-0.25, -0.2) is 0 Å². The number of carbonyl (C=O) groups is 3. The van der Waals surface area contributed by atoms with E-state index in [1.165, 1.54) is 12.5 Å². The molecule has 6 nitrogen and oxygen atoms in total. The van der Waals surface area contributed by atoms with Gasteiger partial charge in [0.2, 0.25) is 17.7 Å². The number of fused-ring (bicyclic) bond motifs is 3. The van der Waals surface area contributed by atoms with E-state index in [0.717, 1.165) is 5.56 Å². The second kappa shape index (κ2) is 6.02. The molecule has 6 heteroatoms. The lowest BCUT2D eigenvalue weighted by Gasteiger charge is -2.22. The predicted octanol–water partition coefficient (Wildman–Crippen LogP) is 0.555. The van der Waals surface area contributed by atoms with Gasteiger partial charge in [0.25, 0.3) is 0 Å². The van der Waals surface area contributed by atoms with Crippen molar-refractivity contribution >= 4 is 17.7 Å². The number of hydrogen-bond donors (Lipinski definition) is 2. The Kier molecular flexibility index (Phi) is 4.07. The van der Waals surface area contributed by atoms with E-state index in [4.69, 9.17) is 0 Å². The second-order valence-corrected chi connectivity index (χ2v) is 6.28. The van der Waals surface area contributed by atoms with E-state index >= 15 is 0 Å². The number of nitrogens with one attached hydrogen (secondary N) is 2. The van der Waals surface area contributed by atoms with Gasteiger partial charge in [0.1, 0.15) is 0 Å². The molecule has 3 atom stereocenters. The first-order valence-corrected chi connectivity index (χ1v) is 7.85. The first-order valence-electron chi connectivity index (χ1n) is 7.85. The summed E-state index contributed by atoms with van der Waals surface area (Å²) in [6.45, 7) is 4.30. The van der Waals surface area contributed by atoms with Crippen molar-refractivity contribution < 1.29 is 14.4 Å². The maximum absolute atomic E-state index is 12.1. The molecule has 1 aromatic rings. The zero-order valence-electron chi connectivity index (χ0n) is 13.3. The van der Waals surface area contributed by atoms with E-state index in [1.54, 1.807) is 6.92 Å². The number of amides is 3. The third kappa shape index (κ3) is 2.93. The van der Waals surface area contributed by atoms with Crippen molar-refractivity contribution in [2.24, 2.45) is 5.92 Å². The molecule has 0 saturated carbocycles. The second-order valence-electron chi connectivity index (χ2n) is 6.28. The molecule has 1 saturated heterocycles. The van der Waals surface area contributed by atoms with Crippen LogP contribution < -0.4 is 10.6 Å². The standard InChI is InChI=1S/C17H21N3O3/c1-10(21)18-7-16(23)19-17-13-6-4-3-5-12(13)14-8-20(11(2)22)9-15(14)17/h3-6,14-15,17H,7-9H2,1-2H3,(H,18,21)(H,19,23)/t14-,15-,17-/m0/s1. The highest BCUT2D eigenvalue weighted by Crippen LogP contribution is 2.49. The Bertz CT molecular complexity index is 658. The van der Waals surface area contributed by atoms with Gasteiger partial charge in [0.05, 0.1) is 12.6 Å². The maximum atomic E-state index is 12.1. The molecule has 0 aromatic heterocycles. The minimum absolute atomic E-state index is 0.0260. The molecule has 1 heterocycles. The van der Waals surface area contributed by atoms with Gasteiger partial charge in [-0.2, -0.15) is 0 Å². The van der Waals surface area contributed by atoms with Gasteiger partial charge >= 0.3 is 0 Å². The largest absolute Gasteiger partial charge is 0.347 e.